The molecule has 0 saturated carbocycles. The summed E-state index contributed by atoms with van der Waals surface area (Å²) < 4.78 is 18.9. The van der Waals surface area contributed by atoms with Gasteiger partial charge in [0.25, 0.3) is 5.91 Å². The van der Waals surface area contributed by atoms with E-state index in [9.17, 15) is 14.0 Å². The molecule has 1 N–H and O–H groups in total. The molecule has 3 heterocycles. The van der Waals surface area contributed by atoms with Gasteiger partial charge in [0.15, 0.2) is 6.67 Å². The van der Waals surface area contributed by atoms with Gasteiger partial charge in [-0.25, -0.2) is 4.39 Å². The Hall–Kier alpha value is -2.42. The molecule has 8 heteroatoms. The molecule has 2 saturated heterocycles. The van der Waals surface area contributed by atoms with Crippen LogP contribution in [0.4, 0.5) is 15.8 Å². The summed E-state index contributed by atoms with van der Waals surface area (Å²) in [5.41, 5.74) is 2.19. The number of para-hydroxylation sites is 1. The first kappa shape index (κ1) is 18.6. The number of ether oxygens (including phenoxy) is 1. The minimum Gasteiger partial charge on any atom is -0.370 e. The fourth-order valence-corrected chi connectivity index (χ4v) is 5.70. The molecule has 2 aromatic carbocycles. The van der Waals surface area contributed by atoms with Crippen LogP contribution in [0.15, 0.2) is 48.5 Å². The van der Waals surface area contributed by atoms with E-state index in [2.05, 4.69) is 0 Å². The zero-order chi connectivity index (χ0) is 20.0. The number of amides is 2. The van der Waals surface area contributed by atoms with Crippen molar-refractivity contribution in [1.82, 2.24) is 0 Å². The second-order valence-electron chi connectivity index (χ2n) is 7.41. The number of hydrogen-bond donors (Lipinski definition) is 1. The maximum Gasteiger partial charge on any atom is 0.273 e. The lowest BCUT2D eigenvalue weighted by atomic mass is 10.0. The predicted molar refractivity (Wildman–Crippen MR) is 108 cm³/mol. The average Bonchev–Trinajstić information content (AvgIpc) is 3.21. The van der Waals surface area contributed by atoms with Gasteiger partial charge in [-0.3, -0.25) is 19.4 Å². The highest BCUT2D eigenvalue weighted by molar-refractivity contribution is 8.02. The Morgan fingerprint density at radius 2 is 1.79 bits per heavy atom. The molecule has 2 amide bonds. The van der Waals surface area contributed by atoms with Crippen molar-refractivity contribution in [2.75, 3.05) is 48.5 Å². The van der Waals surface area contributed by atoms with Crippen LogP contribution >= 0.6 is 11.8 Å². The molecule has 0 aromatic heterocycles. The van der Waals surface area contributed by atoms with E-state index in [4.69, 9.17) is 4.74 Å². The number of morpholine rings is 1. The van der Waals surface area contributed by atoms with Crippen molar-refractivity contribution < 1.29 is 23.6 Å². The minimum absolute atomic E-state index is 0.113. The molecule has 5 rings (SSSR count). The quantitative estimate of drug-likeness (QED) is 0.814. The predicted octanol–water partition coefficient (Wildman–Crippen LogP) is 0.978. The van der Waals surface area contributed by atoms with Gasteiger partial charge < -0.3 is 9.64 Å². The fraction of sp³-hybridized carbons (Fsp3) is 0.333. The Morgan fingerprint density at radius 1 is 1.07 bits per heavy atom. The van der Waals surface area contributed by atoms with Gasteiger partial charge in [-0.05, 0) is 30.3 Å². The molecule has 29 heavy (non-hydrogen) atoms. The highest BCUT2D eigenvalue weighted by Gasteiger charge is 2.61. The number of carbonyl (C=O) groups is 2. The van der Waals surface area contributed by atoms with E-state index in [1.165, 1.54) is 28.8 Å². The van der Waals surface area contributed by atoms with Crippen molar-refractivity contribution in [3.8, 4) is 0 Å². The molecule has 0 radical (unpaired) electrons. The van der Waals surface area contributed by atoms with Crippen LogP contribution in [0.5, 0.6) is 0 Å². The minimum atomic E-state index is -1.14. The maximum absolute atomic E-state index is 13.8. The summed E-state index contributed by atoms with van der Waals surface area (Å²) >= 11 is 1.34. The lowest BCUT2D eigenvalue weighted by Gasteiger charge is -2.34. The third-order valence-corrected chi connectivity index (χ3v) is 7.12. The molecule has 1 spiro atoms. The standard InChI is InChI=1S/C21H20FN3O3S/c22-15-5-7-16(8-6-15)25-19(26)13-29-21(25)17-3-1-2-4-18(17)24(20(21)27)14-23-9-11-28-12-10-23/h1-8H,9-14H2/p+1/t21-/m1/s1. The Balaban J connectivity index is 1.59. The van der Waals surface area contributed by atoms with Crippen LogP contribution in [0.3, 0.4) is 0 Å². The number of benzene rings is 2. The lowest BCUT2D eigenvalue weighted by molar-refractivity contribution is -0.906. The average molecular weight is 414 g/mol. The number of nitrogens with zero attached hydrogens (tertiary/aromatic N) is 2. The highest BCUT2D eigenvalue weighted by atomic mass is 32.2. The van der Waals surface area contributed by atoms with Crippen molar-refractivity contribution >= 4 is 35.0 Å². The second-order valence-corrected chi connectivity index (χ2v) is 8.58. The Kier molecular flexibility index (Phi) is 4.57. The Bertz CT molecular complexity index is 964. The zero-order valence-electron chi connectivity index (χ0n) is 15.8. The number of thioether (sulfide) groups is 1. The van der Waals surface area contributed by atoms with Gasteiger partial charge in [0, 0.05) is 11.3 Å². The molecule has 2 fully saturated rings. The number of halogens is 1. The van der Waals surface area contributed by atoms with Crippen LogP contribution in [0.25, 0.3) is 0 Å². The van der Waals surface area contributed by atoms with E-state index in [0.717, 1.165) is 24.3 Å². The monoisotopic (exact) mass is 414 g/mol. The van der Waals surface area contributed by atoms with Crippen LogP contribution in [-0.2, 0) is 19.2 Å². The van der Waals surface area contributed by atoms with Crippen LogP contribution in [0.2, 0.25) is 0 Å². The molecule has 0 unspecified atom stereocenters. The summed E-state index contributed by atoms with van der Waals surface area (Å²) in [4.78, 5) is 30.2. The van der Waals surface area contributed by atoms with Gasteiger partial charge in [-0.2, -0.15) is 0 Å². The number of anilines is 2. The van der Waals surface area contributed by atoms with E-state index >= 15 is 0 Å². The van der Waals surface area contributed by atoms with E-state index in [-0.39, 0.29) is 23.4 Å². The van der Waals surface area contributed by atoms with Crippen LogP contribution in [-0.4, -0.2) is 50.5 Å². The molecule has 3 aliphatic rings. The fourth-order valence-electron chi connectivity index (χ4n) is 4.34. The van der Waals surface area contributed by atoms with E-state index in [0.29, 0.717) is 25.6 Å². The largest absolute Gasteiger partial charge is 0.370 e. The number of carbonyl (C=O) groups excluding carboxylic acids is 2. The smallest absolute Gasteiger partial charge is 0.273 e. The number of hydrogen-bond acceptors (Lipinski definition) is 4. The van der Waals surface area contributed by atoms with Gasteiger partial charge in [0.1, 0.15) is 18.9 Å². The topological polar surface area (TPSA) is 54.3 Å². The molecule has 2 aromatic rings. The van der Waals surface area contributed by atoms with Crippen LogP contribution in [0, 0.1) is 5.82 Å². The first-order valence-electron chi connectivity index (χ1n) is 9.66. The van der Waals surface area contributed by atoms with Crippen molar-refractivity contribution in [3.05, 3.63) is 59.9 Å². The molecule has 1 atom stereocenters. The van der Waals surface area contributed by atoms with Crippen molar-refractivity contribution in [2.45, 2.75) is 4.87 Å². The van der Waals surface area contributed by atoms with Gasteiger partial charge in [-0.1, -0.05) is 18.2 Å². The molecule has 6 nitrogen and oxygen atoms in total. The third-order valence-electron chi connectivity index (χ3n) is 5.73. The molecule has 0 aliphatic carbocycles. The third kappa shape index (κ3) is 2.86. The SMILES string of the molecule is O=C1CS[C@]2(C(=O)N(C[NH+]3CCOCC3)c3ccccc32)N1c1ccc(F)cc1. The highest BCUT2D eigenvalue weighted by Crippen LogP contribution is 2.55. The summed E-state index contributed by atoms with van der Waals surface area (Å²) in [5, 5.41) is 0. The van der Waals surface area contributed by atoms with E-state index in [1.54, 1.807) is 21.9 Å². The summed E-state index contributed by atoms with van der Waals surface area (Å²) in [6.07, 6.45) is 0. The lowest BCUT2D eigenvalue weighted by Crippen LogP contribution is -3.15. The van der Waals surface area contributed by atoms with Crippen LogP contribution in [0.1, 0.15) is 5.56 Å². The van der Waals surface area contributed by atoms with Gasteiger partial charge >= 0.3 is 0 Å². The van der Waals surface area contributed by atoms with Gasteiger partial charge in [0.05, 0.1) is 24.7 Å². The molecule has 150 valence electrons. The molecular weight excluding hydrogens is 393 g/mol. The van der Waals surface area contributed by atoms with Crippen molar-refractivity contribution in [3.63, 3.8) is 0 Å². The zero-order valence-corrected chi connectivity index (χ0v) is 16.6. The van der Waals surface area contributed by atoms with E-state index < -0.39 is 4.87 Å². The van der Waals surface area contributed by atoms with Crippen LogP contribution < -0.4 is 14.7 Å². The first-order valence-corrected chi connectivity index (χ1v) is 10.7. The molecule has 0 bridgehead atoms. The molecular formula is C21H21FN3O3S+. The van der Waals surface area contributed by atoms with Crippen molar-refractivity contribution in [1.29, 1.82) is 0 Å². The number of nitrogens with one attached hydrogen (secondary N) is 1. The summed E-state index contributed by atoms with van der Waals surface area (Å²) in [6.45, 7) is 3.57. The van der Waals surface area contributed by atoms with Crippen molar-refractivity contribution in [2.24, 2.45) is 0 Å². The summed E-state index contributed by atoms with van der Waals surface area (Å²) in [6, 6.07) is 13.4. The number of quaternary nitrogens is 1. The molecule has 3 aliphatic heterocycles. The Labute approximate surface area is 172 Å². The number of rotatable bonds is 3. The normalized spacial score (nSPS) is 24.6. The number of fused-ring (bicyclic) bond motifs is 2. The van der Waals surface area contributed by atoms with Gasteiger partial charge in [0.2, 0.25) is 10.8 Å². The Morgan fingerprint density at radius 3 is 2.55 bits per heavy atom. The maximum atomic E-state index is 13.8. The summed E-state index contributed by atoms with van der Waals surface area (Å²) in [5.74, 6) is -0.434. The van der Waals surface area contributed by atoms with E-state index in [1.807, 2.05) is 24.3 Å². The summed E-state index contributed by atoms with van der Waals surface area (Å²) in [7, 11) is 0. The second kappa shape index (κ2) is 7.12. The first-order chi connectivity index (χ1) is 14.1. The van der Waals surface area contributed by atoms with Gasteiger partial charge in [-0.15, -0.1) is 11.8 Å².